The number of aldehydes is 1. The van der Waals surface area contributed by atoms with E-state index >= 15 is 0 Å². The predicted molar refractivity (Wildman–Crippen MR) is 77.0 cm³/mol. The molecule has 0 aliphatic carbocycles. The molecule has 0 aromatic heterocycles. The van der Waals surface area contributed by atoms with Gasteiger partial charge in [-0.05, 0) is 25.8 Å². The molecule has 1 radical (unpaired) electrons. The van der Waals surface area contributed by atoms with Gasteiger partial charge in [-0.2, -0.15) is 0 Å². The molecule has 20 heavy (non-hydrogen) atoms. The summed E-state index contributed by atoms with van der Waals surface area (Å²) in [5.41, 5.74) is 8.50. The Morgan fingerprint density at radius 1 is 1.45 bits per heavy atom. The molecular weight excluding hydrogens is 467 g/mol. The van der Waals surface area contributed by atoms with Crippen molar-refractivity contribution in [3.05, 3.63) is 5.73 Å². The van der Waals surface area contributed by atoms with Crippen molar-refractivity contribution in [3.63, 3.8) is 0 Å². The Labute approximate surface area is 158 Å². The smallest absolute Gasteiger partial charge is 0.146 e. The summed E-state index contributed by atoms with van der Waals surface area (Å²) in [5, 5.41) is 0. The summed E-state index contributed by atoms with van der Waals surface area (Å²) < 4.78 is 0. The first-order valence-corrected chi connectivity index (χ1v) is 7.21. The molecule has 1 N–H and O–H groups in total. The third-order valence-electron chi connectivity index (χ3n) is 5.25. The molecule has 0 aromatic carbocycles. The van der Waals surface area contributed by atoms with Crippen LogP contribution in [0.5, 0.6) is 0 Å². The Kier molecular flexibility index (Phi) is 8.66. The number of carbonyl (C=O) groups is 2. The van der Waals surface area contributed by atoms with Crippen molar-refractivity contribution in [1.29, 1.82) is 0 Å². The number of likely N-dealkylation sites (N-methyl/N-ethyl adjacent to an activating group) is 1. The Morgan fingerprint density at radius 3 is 2.30 bits per heavy atom. The number of Topliss-reactive ketones (excluding diaryl/α,β-unsaturated/α-hetero) is 1. The van der Waals surface area contributed by atoms with E-state index in [4.69, 9.17) is 5.73 Å². The fraction of sp³-hybridized carbons (Fsp3) is 0.867. The minimum absolute atomic E-state index is 0. The van der Waals surface area contributed by atoms with Crippen molar-refractivity contribution in [3.8, 4) is 0 Å². The van der Waals surface area contributed by atoms with Gasteiger partial charge < -0.3 is 10.5 Å². The molecule has 1 aliphatic heterocycles. The van der Waals surface area contributed by atoms with Crippen LogP contribution in [0.25, 0.3) is 5.73 Å². The zero-order valence-electron chi connectivity index (χ0n) is 13.3. The standard InChI is InChI=1S/C15H27N2O2.Ac/c1-6-15(4,7-2)14(16)13-11(9-18)8-12(10(3)19)17(13)5;/h9,11-14,16H,6-8H2,1-5H3;/q-1;/t11-,12+,13+,14+;/m0./s1. The second-order valence-electron chi connectivity index (χ2n) is 6.16. The monoisotopic (exact) mass is 494 g/mol. The van der Waals surface area contributed by atoms with E-state index < -0.39 is 0 Å². The molecule has 1 saturated heterocycles. The maximum absolute atomic E-state index is 11.7. The number of nitrogens with zero attached hydrogens (tertiary/aromatic N) is 1. The topological polar surface area (TPSA) is 61.2 Å². The van der Waals surface area contributed by atoms with Gasteiger partial charge in [-0.3, -0.25) is 9.69 Å². The van der Waals surface area contributed by atoms with Crippen molar-refractivity contribution in [2.75, 3.05) is 7.05 Å². The van der Waals surface area contributed by atoms with Crippen LogP contribution in [-0.4, -0.2) is 42.1 Å². The molecule has 0 amide bonds. The summed E-state index contributed by atoms with van der Waals surface area (Å²) in [6, 6.07) is -0.686. The summed E-state index contributed by atoms with van der Waals surface area (Å²) in [6.07, 6.45) is 3.34. The molecule has 1 rings (SSSR count). The van der Waals surface area contributed by atoms with Gasteiger partial charge >= 0.3 is 0 Å². The van der Waals surface area contributed by atoms with Crippen molar-refractivity contribution < 1.29 is 53.7 Å². The third-order valence-corrected chi connectivity index (χ3v) is 5.25. The average molecular weight is 494 g/mol. The molecule has 0 bridgehead atoms. The van der Waals surface area contributed by atoms with Crippen LogP contribution in [-0.2, 0) is 9.59 Å². The molecule has 0 saturated carbocycles. The molecule has 4 atom stereocenters. The van der Waals surface area contributed by atoms with E-state index in [1.807, 2.05) is 11.9 Å². The second-order valence-corrected chi connectivity index (χ2v) is 6.16. The molecule has 1 fully saturated rings. The molecule has 1 heterocycles. The normalized spacial score (nSPS) is 28.8. The van der Waals surface area contributed by atoms with Crippen LogP contribution >= 0.6 is 0 Å². The van der Waals surface area contributed by atoms with Crippen LogP contribution in [0.3, 0.4) is 0 Å². The van der Waals surface area contributed by atoms with Gasteiger partial charge in [-0.15, -0.1) is 6.04 Å². The summed E-state index contributed by atoms with van der Waals surface area (Å²) in [7, 11) is 1.88. The zero-order valence-corrected chi connectivity index (χ0v) is 18.1. The van der Waals surface area contributed by atoms with E-state index in [1.165, 1.54) is 0 Å². The van der Waals surface area contributed by atoms with E-state index in [-0.39, 0.29) is 79.3 Å². The van der Waals surface area contributed by atoms with Gasteiger partial charge in [0, 0.05) is 56.0 Å². The maximum Gasteiger partial charge on any atom is 0.146 e. The molecule has 0 unspecified atom stereocenters. The molecule has 0 aromatic rings. The van der Waals surface area contributed by atoms with Crippen LogP contribution in [0, 0.1) is 55.4 Å². The van der Waals surface area contributed by atoms with Gasteiger partial charge in [0.15, 0.2) is 0 Å². The number of carbonyl (C=O) groups excluding carboxylic acids is 2. The van der Waals surface area contributed by atoms with Gasteiger partial charge in [0.25, 0.3) is 0 Å². The SMILES string of the molecule is CCC(C)(CC)[C@H]([NH-])[C@H]1[C@H](C=O)C[C@H](C(C)=O)N1C.[Ac]. The first-order chi connectivity index (χ1) is 8.82. The third kappa shape index (κ3) is 3.91. The van der Waals surface area contributed by atoms with Crippen molar-refractivity contribution in [1.82, 2.24) is 4.90 Å². The Hall–Kier alpha value is 0.702. The molecule has 5 heteroatoms. The average Bonchev–Trinajstić information content (AvgIpc) is 2.73. The van der Waals surface area contributed by atoms with Gasteiger partial charge in [0.05, 0.1) is 6.04 Å². The number of hydrogen-bond acceptors (Lipinski definition) is 3. The molecule has 1 aliphatic rings. The zero-order chi connectivity index (χ0) is 14.8. The molecule has 113 valence electrons. The van der Waals surface area contributed by atoms with Gasteiger partial charge in [0.2, 0.25) is 0 Å². The van der Waals surface area contributed by atoms with Crippen LogP contribution in [0.2, 0.25) is 0 Å². The number of hydrogen-bond donors (Lipinski definition) is 0. The van der Waals surface area contributed by atoms with Crippen molar-refractivity contribution >= 4 is 12.1 Å². The number of nitrogens with one attached hydrogen (secondary N) is 1. The largest absolute Gasteiger partial charge is 0.673 e. The van der Waals surface area contributed by atoms with Crippen molar-refractivity contribution in [2.24, 2.45) is 11.3 Å². The van der Waals surface area contributed by atoms with E-state index in [9.17, 15) is 9.59 Å². The van der Waals surface area contributed by atoms with E-state index in [0.29, 0.717) is 6.42 Å². The quantitative estimate of drug-likeness (QED) is 0.534. The Morgan fingerprint density at radius 2 is 1.95 bits per heavy atom. The Bertz CT molecular complexity index is 345. The van der Waals surface area contributed by atoms with Crippen LogP contribution in [0.4, 0.5) is 0 Å². The van der Waals surface area contributed by atoms with Crippen LogP contribution in [0.15, 0.2) is 0 Å². The molecular formula is C15H27AcN2O2-. The first-order valence-electron chi connectivity index (χ1n) is 7.21. The minimum atomic E-state index is -0.341. The van der Waals surface area contributed by atoms with Crippen LogP contribution in [0.1, 0.15) is 47.0 Å². The molecule has 4 nitrogen and oxygen atoms in total. The van der Waals surface area contributed by atoms with Gasteiger partial charge in [0.1, 0.15) is 12.1 Å². The number of rotatable bonds is 6. The summed E-state index contributed by atoms with van der Waals surface area (Å²) in [6.45, 7) is 7.88. The fourth-order valence-corrected chi connectivity index (χ4v) is 3.25. The predicted octanol–water partition coefficient (Wildman–Crippen LogP) is 2.71. The summed E-state index contributed by atoms with van der Waals surface area (Å²) in [5.74, 6) is -0.0995. The fourth-order valence-electron chi connectivity index (χ4n) is 3.25. The number of likely N-dealkylation sites (tertiary alicyclic amines) is 1. The summed E-state index contributed by atoms with van der Waals surface area (Å²) in [4.78, 5) is 24.9. The van der Waals surface area contributed by atoms with E-state index in [0.717, 1.165) is 19.1 Å². The maximum atomic E-state index is 11.7. The summed E-state index contributed by atoms with van der Waals surface area (Å²) >= 11 is 0. The first kappa shape index (κ1) is 20.7. The van der Waals surface area contributed by atoms with E-state index in [2.05, 4.69) is 20.8 Å². The van der Waals surface area contributed by atoms with Crippen molar-refractivity contribution in [2.45, 2.75) is 65.1 Å². The number of ketones is 1. The minimum Gasteiger partial charge on any atom is -0.673 e. The second kappa shape index (κ2) is 8.36. The molecule has 0 spiro atoms. The van der Waals surface area contributed by atoms with Gasteiger partial charge in [-0.1, -0.05) is 33.6 Å². The van der Waals surface area contributed by atoms with Gasteiger partial charge in [-0.25, -0.2) is 0 Å². The van der Waals surface area contributed by atoms with E-state index in [1.54, 1.807) is 6.92 Å². The Balaban J connectivity index is 0.00000361. The van der Waals surface area contributed by atoms with Crippen LogP contribution < -0.4 is 0 Å².